The number of hydrogen-bond donors (Lipinski definition) is 0. The topological polar surface area (TPSA) is 52.6 Å². The van der Waals surface area contributed by atoms with Gasteiger partial charge in [0.05, 0.1) is 13.2 Å². The summed E-state index contributed by atoms with van der Waals surface area (Å²) in [6, 6.07) is 0. The number of hydrogen-bond acceptors (Lipinski definition) is 4. The molecule has 0 amide bonds. The van der Waals surface area contributed by atoms with Gasteiger partial charge in [0.25, 0.3) is 0 Å². The zero-order valence-corrected chi connectivity index (χ0v) is 10.8. The van der Waals surface area contributed by atoms with Crippen LogP contribution in [0, 0.1) is 5.41 Å². The molecule has 4 nitrogen and oxygen atoms in total. The Morgan fingerprint density at radius 2 is 1.29 bits per heavy atom. The second-order valence-corrected chi connectivity index (χ2v) is 4.44. The maximum Gasteiger partial charge on any atom is 0.323 e. The Morgan fingerprint density at radius 1 is 0.882 bits per heavy atom. The first kappa shape index (κ1) is 14.0. The fraction of sp³-hybridized carbons (Fsp3) is 0.846. The van der Waals surface area contributed by atoms with Gasteiger partial charge in [-0.15, -0.1) is 0 Å². The second kappa shape index (κ2) is 6.62. The van der Waals surface area contributed by atoms with Crippen molar-refractivity contribution in [2.24, 2.45) is 5.41 Å². The van der Waals surface area contributed by atoms with Gasteiger partial charge >= 0.3 is 11.9 Å². The summed E-state index contributed by atoms with van der Waals surface area (Å²) >= 11 is 0. The minimum Gasteiger partial charge on any atom is -0.465 e. The molecular weight excluding hydrogens is 220 g/mol. The third kappa shape index (κ3) is 3.20. The zero-order valence-electron chi connectivity index (χ0n) is 10.8. The molecular formula is C13H22O4. The first-order valence-corrected chi connectivity index (χ1v) is 6.52. The summed E-state index contributed by atoms with van der Waals surface area (Å²) in [5.74, 6) is -0.805. The molecule has 1 saturated carbocycles. The molecule has 0 N–H and O–H groups in total. The van der Waals surface area contributed by atoms with Crippen molar-refractivity contribution in [2.45, 2.75) is 52.4 Å². The molecule has 0 unspecified atom stereocenters. The van der Waals surface area contributed by atoms with Gasteiger partial charge in [0.2, 0.25) is 0 Å². The smallest absolute Gasteiger partial charge is 0.323 e. The van der Waals surface area contributed by atoms with Gasteiger partial charge in [-0.2, -0.15) is 0 Å². The molecule has 0 heterocycles. The van der Waals surface area contributed by atoms with Crippen LogP contribution in [0.4, 0.5) is 0 Å². The SMILES string of the molecule is CCOC(=O)C1(C(=O)OCC)CCCCCC1. The maximum absolute atomic E-state index is 12.1. The third-order valence-corrected chi connectivity index (χ3v) is 3.29. The van der Waals surface area contributed by atoms with Crippen molar-refractivity contribution in [3.63, 3.8) is 0 Å². The van der Waals surface area contributed by atoms with Gasteiger partial charge < -0.3 is 9.47 Å². The fourth-order valence-corrected chi connectivity index (χ4v) is 2.36. The average molecular weight is 242 g/mol. The van der Waals surface area contributed by atoms with E-state index < -0.39 is 17.4 Å². The average Bonchev–Trinajstić information content (AvgIpc) is 2.56. The van der Waals surface area contributed by atoms with Crippen LogP contribution >= 0.6 is 0 Å². The molecule has 0 aliphatic heterocycles. The highest BCUT2D eigenvalue weighted by Crippen LogP contribution is 2.37. The molecule has 1 rings (SSSR count). The largest absolute Gasteiger partial charge is 0.465 e. The van der Waals surface area contributed by atoms with Crippen molar-refractivity contribution in [1.82, 2.24) is 0 Å². The van der Waals surface area contributed by atoms with Gasteiger partial charge in [0.1, 0.15) is 0 Å². The molecule has 1 fully saturated rings. The van der Waals surface area contributed by atoms with E-state index in [0.717, 1.165) is 25.7 Å². The number of esters is 2. The Morgan fingerprint density at radius 3 is 1.65 bits per heavy atom. The molecule has 1 aliphatic carbocycles. The van der Waals surface area contributed by atoms with Gasteiger partial charge in [0.15, 0.2) is 5.41 Å². The van der Waals surface area contributed by atoms with Crippen LogP contribution in [0.3, 0.4) is 0 Å². The lowest BCUT2D eigenvalue weighted by Gasteiger charge is -2.27. The van der Waals surface area contributed by atoms with Crippen molar-refractivity contribution in [2.75, 3.05) is 13.2 Å². The molecule has 98 valence electrons. The van der Waals surface area contributed by atoms with Crippen LogP contribution in [0.1, 0.15) is 52.4 Å². The molecule has 0 spiro atoms. The van der Waals surface area contributed by atoms with Crippen LogP contribution in [0.15, 0.2) is 0 Å². The van der Waals surface area contributed by atoms with Crippen molar-refractivity contribution in [3.8, 4) is 0 Å². The number of rotatable bonds is 4. The van der Waals surface area contributed by atoms with Gasteiger partial charge in [0, 0.05) is 0 Å². The molecule has 0 bridgehead atoms. The van der Waals surface area contributed by atoms with Crippen LogP contribution in [0.5, 0.6) is 0 Å². The van der Waals surface area contributed by atoms with Crippen LogP contribution in [0.25, 0.3) is 0 Å². The molecule has 0 aromatic carbocycles. The highest BCUT2D eigenvalue weighted by molar-refractivity contribution is 6.00. The number of carbonyl (C=O) groups excluding carboxylic acids is 2. The lowest BCUT2D eigenvalue weighted by molar-refractivity contribution is -0.173. The van der Waals surface area contributed by atoms with E-state index in [0.29, 0.717) is 26.1 Å². The summed E-state index contributed by atoms with van der Waals surface area (Å²) in [6.07, 6.45) is 5.03. The van der Waals surface area contributed by atoms with E-state index in [-0.39, 0.29) is 0 Å². The highest BCUT2D eigenvalue weighted by atomic mass is 16.6. The first-order chi connectivity index (χ1) is 8.17. The van der Waals surface area contributed by atoms with Crippen LogP contribution in [-0.2, 0) is 19.1 Å². The quantitative estimate of drug-likeness (QED) is 0.431. The van der Waals surface area contributed by atoms with Gasteiger partial charge in [-0.3, -0.25) is 9.59 Å². The monoisotopic (exact) mass is 242 g/mol. The molecule has 0 radical (unpaired) electrons. The normalized spacial score (nSPS) is 19.2. The summed E-state index contributed by atoms with van der Waals surface area (Å²) in [6.45, 7) is 4.13. The van der Waals surface area contributed by atoms with Crippen molar-refractivity contribution < 1.29 is 19.1 Å². The summed E-state index contributed by atoms with van der Waals surface area (Å²) in [7, 11) is 0. The Labute approximate surface area is 103 Å². The Balaban J connectivity index is 2.88. The maximum atomic E-state index is 12.1. The minimum atomic E-state index is -1.04. The summed E-state index contributed by atoms with van der Waals surface area (Å²) < 4.78 is 10.1. The van der Waals surface area contributed by atoms with Crippen LogP contribution in [-0.4, -0.2) is 25.2 Å². The molecule has 0 atom stereocenters. The van der Waals surface area contributed by atoms with Gasteiger partial charge in [-0.05, 0) is 26.7 Å². The fourth-order valence-electron chi connectivity index (χ4n) is 2.36. The Hall–Kier alpha value is -1.06. The molecule has 1 aliphatic rings. The molecule has 0 saturated heterocycles. The summed E-state index contributed by atoms with van der Waals surface area (Å²) in [4.78, 5) is 24.1. The van der Waals surface area contributed by atoms with E-state index in [1.165, 1.54) is 0 Å². The lowest BCUT2D eigenvalue weighted by Crippen LogP contribution is -2.41. The lowest BCUT2D eigenvalue weighted by atomic mass is 9.80. The van der Waals surface area contributed by atoms with E-state index in [1.54, 1.807) is 13.8 Å². The third-order valence-electron chi connectivity index (χ3n) is 3.29. The van der Waals surface area contributed by atoms with E-state index >= 15 is 0 Å². The van der Waals surface area contributed by atoms with Crippen molar-refractivity contribution in [1.29, 1.82) is 0 Å². The molecule has 4 heteroatoms. The molecule has 0 aromatic heterocycles. The van der Waals surface area contributed by atoms with Crippen LogP contribution in [0.2, 0.25) is 0 Å². The Bertz CT molecular complexity index is 245. The number of ether oxygens (including phenoxy) is 2. The predicted octanol–water partition coefficient (Wildman–Crippen LogP) is 2.45. The summed E-state index contributed by atoms with van der Waals surface area (Å²) in [5.41, 5.74) is -1.04. The van der Waals surface area contributed by atoms with Crippen LogP contribution < -0.4 is 0 Å². The predicted molar refractivity (Wildman–Crippen MR) is 63.4 cm³/mol. The second-order valence-electron chi connectivity index (χ2n) is 4.44. The van der Waals surface area contributed by atoms with E-state index in [4.69, 9.17) is 9.47 Å². The summed E-state index contributed by atoms with van der Waals surface area (Å²) in [5, 5.41) is 0. The highest BCUT2D eigenvalue weighted by Gasteiger charge is 2.48. The van der Waals surface area contributed by atoms with Gasteiger partial charge in [-0.1, -0.05) is 25.7 Å². The van der Waals surface area contributed by atoms with E-state index in [1.807, 2.05) is 0 Å². The van der Waals surface area contributed by atoms with Gasteiger partial charge in [-0.25, -0.2) is 0 Å². The Kier molecular flexibility index (Phi) is 5.45. The van der Waals surface area contributed by atoms with Crippen molar-refractivity contribution in [3.05, 3.63) is 0 Å². The minimum absolute atomic E-state index is 0.306. The van der Waals surface area contributed by atoms with Crippen molar-refractivity contribution >= 4 is 11.9 Å². The zero-order chi connectivity index (χ0) is 12.7. The first-order valence-electron chi connectivity index (χ1n) is 6.52. The molecule has 0 aromatic rings. The molecule has 17 heavy (non-hydrogen) atoms. The standard InChI is InChI=1S/C13H22O4/c1-3-16-11(14)13(12(15)17-4-2)9-7-5-6-8-10-13/h3-10H2,1-2H3. The van der Waals surface area contributed by atoms with E-state index in [9.17, 15) is 9.59 Å². The van der Waals surface area contributed by atoms with E-state index in [2.05, 4.69) is 0 Å². The number of carbonyl (C=O) groups is 2.